The largest absolute Gasteiger partial charge is 0.416 e. The maximum atomic E-state index is 13.8. The number of carbonyl (C=O) groups is 4. The zero-order valence-corrected chi connectivity index (χ0v) is 31.0. The van der Waals surface area contributed by atoms with E-state index in [-0.39, 0.29) is 24.1 Å². The van der Waals surface area contributed by atoms with Crippen LogP contribution in [0.15, 0.2) is 73.2 Å². The number of halogens is 3. The van der Waals surface area contributed by atoms with Crippen LogP contribution in [-0.2, 0) is 35.9 Å². The molecule has 3 fully saturated rings. The number of hydrogen-bond acceptors (Lipinski definition) is 8. The number of benzene rings is 3. The van der Waals surface area contributed by atoms with Crippen LogP contribution in [-0.4, -0.2) is 99.2 Å². The normalized spacial score (nSPS) is 19.7. The van der Waals surface area contributed by atoms with Crippen molar-refractivity contribution >= 4 is 35.0 Å². The van der Waals surface area contributed by atoms with Gasteiger partial charge >= 0.3 is 6.18 Å². The van der Waals surface area contributed by atoms with Crippen LogP contribution in [0.2, 0.25) is 0 Å². The fourth-order valence-electron chi connectivity index (χ4n) is 8.32. The molecule has 0 saturated carbocycles. The molecule has 0 aliphatic carbocycles. The van der Waals surface area contributed by atoms with E-state index in [1.54, 1.807) is 17.3 Å². The summed E-state index contributed by atoms with van der Waals surface area (Å²) in [4.78, 5) is 63.9. The number of imidazole rings is 1. The van der Waals surface area contributed by atoms with Crippen molar-refractivity contribution in [3.05, 3.63) is 101 Å². The van der Waals surface area contributed by atoms with Gasteiger partial charge in [-0.05, 0) is 78.9 Å². The lowest BCUT2D eigenvalue weighted by Crippen LogP contribution is -2.53. The third kappa shape index (κ3) is 7.59. The third-order valence-corrected chi connectivity index (χ3v) is 11.5. The molecule has 8 rings (SSSR count). The first kappa shape index (κ1) is 37.2. The molecule has 12 nitrogen and oxygen atoms in total. The van der Waals surface area contributed by atoms with Crippen molar-refractivity contribution in [1.29, 1.82) is 0 Å². The zero-order valence-electron chi connectivity index (χ0n) is 31.0. The van der Waals surface area contributed by atoms with Gasteiger partial charge in [0.25, 0.3) is 11.8 Å². The van der Waals surface area contributed by atoms with Crippen molar-refractivity contribution in [2.45, 2.75) is 57.0 Å². The number of rotatable bonds is 8. The molecule has 4 amide bonds. The van der Waals surface area contributed by atoms with Gasteiger partial charge in [0.15, 0.2) is 0 Å². The van der Waals surface area contributed by atoms with Crippen LogP contribution < -0.4 is 15.5 Å². The molecule has 1 atom stereocenters. The maximum absolute atomic E-state index is 13.8. The Kier molecular flexibility index (Phi) is 10.0. The first-order chi connectivity index (χ1) is 26.9. The summed E-state index contributed by atoms with van der Waals surface area (Å²) < 4.78 is 40.9. The number of hydrogen-bond donors (Lipinski definition) is 2. The summed E-state index contributed by atoms with van der Waals surface area (Å²) in [6, 6.07) is 16.1. The van der Waals surface area contributed by atoms with Gasteiger partial charge in [-0.1, -0.05) is 12.1 Å². The van der Waals surface area contributed by atoms with Gasteiger partial charge in [-0.15, -0.1) is 0 Å². The van der Waals surface area contributed by atoms with Crippen molar-refractivity contribution in [1.82, 2.24) is 29.6 Å². The van der Waals surface area contributed by atoms with Gasteiger partial charge in [-0.3, -0.25) is 29.4 Å². The van der Waals surface area contributed by atoms with Gasteiger partial charge in [-0.2, -0.15) is 13.2 Å². The highest BCUT2D eigenvalue weighted by atomic mass is 19.4. The number of alkyl halides is 3. The Balaban J connectivity index is 0.857. The second-order valence-electron chi connectivity index (χ2n) is 15.0. The molecule has 1 aromatic heterocycles. The summed E-state index contributed by atoms with van der Waals surface area (Å²) in [6.45, 7) is 5.35. The molecule has 3 saturated heterocycles. The number of likely N-dealkylation sites (tertiary alicyclic amines) is 1. The van der Waals surface area contributed by atoms with Crippen molar-refractivity contribution in [2.75, 3.05) is 49.5 Å². The second kappa shape index (κ2) is 15.1. The molecule has 56 heavy (non-hydrogen) atoms. The number of piperazine rings is 1. The number of carbonyl (C=O) groups excluding carboxylic acids is 4. The highest BCUT2D eigenvalue weighted by molar-refractivity contribution is 6.05. The molecule has 3 aromatic carbocycles. The molecular formula is C41H43F3N8O4. The molecule has 1 unspecified atom stereocenters. The molecule has 5 heterocycles. The van der Waals surface area contributed by atoms with E-state index in [0.29, 0.717) is 61.0 Å². The second-order valence-corrected chi connectivity index (χ2v) is 15.0. The Bertz CT molecular complexity index is 2150. The van der Waals surface area contributed by atoms with E-state index in [9.17, 15) is 32.3 Å². The first-order valence-electron chi connectivity index (χ1n) is 19.0. The smallest absolute Gasteiger partial charge is 0.380 e. The maximum Gasteiger partial charge on any atom is 0.416 e. The van der Waals surface area contributed by atoms with Gasteiger partial charge in [0.1, 0.15) is 6.04 Å². The lowest BCUT2D eigenvalue weighted by molar-refractivity contribution is -0.138. The topological polar surface area (TPSA) is 123 Å². The van der Waals surface area contributed by atoms with Crippen molar-refractivity contribution in [2.24, 2.45) is 7.05 Å². The summed E-state index contributed by atoms with van der Waals surface area (Å²) in [5.41, 5.74) is 5.23. The monoisotopic (exact) mass is 768 g/mol. The highest BCUT2D eigenvalue weighted by Gasteiger charge is 2.39. The van der Waals surface area contributed by atoms with Gasteiger partial charge in [0.05, 0.1) is 17.6 Å². The highest BCUT2D eigenvalue weighted by Crippen LogP contribution is 2.33. The minimum atomic E-state index is -4.39. The zero-order chi connectivity index (χ0) is 39.1. The number of aromatic nitrogens is 2. The Morgan fingerprint density at radius 1 is 0.893 bits per heavy atom. The number of anilines is 2. The molecule has 0 spiro atoms. The molecule has 0 bridgehead atoms. The number of piperidine rings is 2. The number of fused-ring (bicyclic) bond motifs is 1. The molecule has 2 N–H and O–H groups in total. The van der Waals surface area contributed by atoms with Crippen molar-refractivity contribution in [3.63, 3.8) is 0 Å². The van der Waals surface area contributed by atoms with E-state index in [2.05, 4.69) is 31.5 Å². The Hall–Kier alpha value is -5.70. The van der Waals surface area contributed by atoms with E-state index in [0.717, 1.165) is 73.7 Å². The first-order valence-corrected chi connectivity index (χ1v) is 19.0. The van der Waals surface area contributed by atoms with Crippen LogP contribution in [0.4, 0.5) is 24.5 Å². The molecule has 4 aliphatic rings. The summed E-state index contributed by atoms with van der Waals surface area (Å²) in [5, 5.41) is 5.68. The van der Waals surface area contributed by atoms with Crippen LogP contribution in [0.1, 0.15) is 63.1 Å². The van der Waals surface area contributed by atoms with Crippen LogP contribution in [0, 0.1) is 0 Å². The average Bonchev–Trinajstić information content (AvgIpc) is 3.78. The average molecular weight is 769 g/mol. The fourth-order valence-corrected chi connectivity index (χ4v) is 8.32. The van der Waals surface area contributed by atoms with E-state index in [1.165, 1.54) is 12.1 Å². The minimum absolute atomic E-state index is 0.0500. The van der Waals surface area contributed by atoms with Gasteiger partial charge in [0, 0.05) is 106 Å². The SMILES string of the molecule is Cn1cnc(-c2cc(C(=O)N3CCC(N4CCN(c5ccc6c(c5)CN(C5CCC(=O)NC5=O)C6=O)CC4)CC3)ccc2NCc2ccc(C(F)(F)F)cc2)c1. The molecule has 4 aliphatic heterocycles. The van der Waals surface area contributed by atoms with E-state index < -0.39 is 23.7 Å². The van der Waals surface area contributed by atoms with Crippen LogP contribution in [0.3, 0.4) is 0 Å². The lowest BCUT2D eigenvalue weighted by atomic mass is 10.00. The van der Waals surface area contributed by atoms with Crippen LogP contribution >= 0.6 is 0 Å². The molecule has 15 heteroatoms. The fraction of sp³-hybridized carbons (Fsp3) is 0.390. The number of nitrogens with one attached hydrogen (secondary N) is 2. The third-order valence-electron chi connectivity index (χ3n) is 11.5. The van der Waals surface area contributed by atoms with E-state index in [4.69, 9.17) is 0 Å². The Labute approximate surface area is 322 Å². The summed E-state index contributed by atoms with van der Waals surface area (Å²) in [6.07, 6.45) is 1.44. The number of imide groups is 1. The Morgan fingerprint density at radius 2 is 1.64 bits per heavy atom. The van der Waals surface area contributed by atoms with Crippen molar-refractivity contribution < 1.29 is 32.3 Å². The standard InChI is InChI=1S/C41H43F3N8O4/c1-48-24-35(46-25-48)33-21-27(4-9-34(33)45-22-26-2-5-29(6-3-26)41(42,43)44)39(55)51-14-12-30(13-15-51)49-16-18-50(19-17-49)31-7-8-32-28(20-31)23-52(40(32)56)36-10-11-37(53)47-38(36)54/h2-9,20-21,24-25,30,36,45H,10-19,22-23H2,1H3,(H,47,53,54). The van der Waals surface area contributed by atoms with Gasteiger partial charge in [0.2, 0.25) is 11.8 Å². The van der Waals surface area contributed by atoms with Gasteiger partial charge in [-0.25, -0.2) is 4.98 Å². The summed E-state index contributed by atoms with van der Waals surface area (Å²) >= 11 is 0. The van der Waals surface area contributed by atoms with Crippen LogP contribution in [0.25, 0.3) is 11.3 Å². The van der Waals surface area contributed by atoms with E-state index in [1.807, 2.05) is 47.0 Å². The number of nitrogens with zero attached hydrogens (tertiary/aromatic N) is 6. The predicted molar refractivity (Wildman–Crippen MR) is 203 cm³/mol. The summed E-state index contributed by atoms with van der Waals surface area (Å²) in [7, 11) is 1.86. The minimum Gasteiger partial charge on any atom is -0.380 e. The molecule has 0 radical (unpaired) electrons. The quantitative estimate of drug-likeness (QED) is 0.243. The molecule has 4 aromatic rings. The predicted octanol–water partition coefficient (Wildman–Crippen LogP) is 4.91. The number of aryl methyl sites for hydroxylation is 1. The number of amides is 4. The van der Waals surface area contributed by atoms with E-state index >= 15 is 0 Å². The lowest BCUT2D eigenvalue weighted by Gasteiger charge is -2.43. The van der Waals surface area contributed by atoms with Gasteiger partial charge < -0.3 is 24.6 Å². The Morgan fingerprint density at radius 3 is 2.32 bits per heavy atom. The van der Waals surface area contributed by atoms with Crippen molar-refractivity contribution in [3.8, 4) is 11.3 Å². The molecular weight excluding hydrogens is 725 g/mol. The summed E-state index contributed by atoms with van der Waals surface area (Å²) in [5.74, 6) is -0.937. The van der Waals surface area contributed by atoms with Crippen LogP contribution in [0.5, 0.6) is 0 Å². The molecule has 292 valence electrons.